The molecular formula is C6H5Cl4N2O3P. The van der Waals surface area contributed by atoms with Crippen LogP contribution in [0.15, 0.2) is 6.07 Å². The summed E-state index contributed by atoms with van der Waals surface area (Å²) >= 11 is 22.9. The number of hydrogen-bond acceptors (Lipinski definition) is 2. The molecule has 0 radical (unpaired) electrons. The third-order valence-corrected chi connectivity index (χ3v) is 3.42. The zero-order valence-corrected chi connectivity index (χ0v) is 11.3. The van der Waals surface area contributed by atoms with Crippen LogP contribution >= 0.6 is 54.2 Å². The van der Waals surface area contributed by atoms with E-state index in [4.69, 9.17) is 56.2 Å². The molecule has 90 valence electrons. The van der Waals surface area contributed by atoms with Crippen molar-refractivity contribution >= 4 is 59.8 Å². The summed E-state index contributed by atoms with van der Waals surface area (Å²) in [5.41, 5.74) is 2.15. The second-order valence-corrected chi connectivity index (χ2v) is 5.51. The van der Waals surface area contributed by atoms with Crippen LogP contribution in [0.5, 0.6) is 0 Å². The summed E-state index contributed by atoms with van der Waals surface area (Å²) in [6, 6.07) is 1.32. The van der Waals surface area contributed by atoms with Crippen molar-refractivity contribution in [3.63, 3.8) is 0 Å². The smallest absolute Gasteiger partial charge is 0.311 e. The van der Waals surface area contributed by atoms with Gasteiger partial charge in [-0.3, -0.25) is 0 Å². The van der Waals surface area contributed by atoms with Crippen molar-refractivity contribution in [1.29, 1.82) is 0 Å². The molecular weight excluding hydrogens is 321 g/mol. The van der Waals surface area contributed by atoms with Gasteiger partial charge in [0.25, 0.3) is 0 Å². The van der Waals surface area contributed by atoms with Gasteiger partial charge >= 0.3 is 7.75 Å². The Hall–Kier alpha value is 0.290. The second kappa shape index (κ2) is 5.29. The zero-order valence-electron chi connectivity index (χ0n) is 7.34. The second-order valence-electron chi connectivity index (χ2n) is 2.62. The lowest BCUT2D eigenvalue weighted by Gasteiger charge is -2.14. The molecule has 4 N–H and O–H groups in total. The summed E-state index contributed by atoms with van der Waals surface area (Å²) in [6.07, 6.45) is 0. The molecule has 0 spiro atoms. The molecule has 0 heterocycles. The monoisotopic (exact) mass is 324 g/mol. The van der Waals surface area contributed by atoms with Crippen LogP contribution in [0.3, 0.4) is 0 Å². The molecule has 1 rings (SSSR count). The quantitative estimate of drug-likeness (QED) is 0.389. The van der Waals surface area contributed by atoms with Gasteiger partial charge in [-0.05, 0) is 6.07 Å². The number of hydrazine groups is 1. The summed E-state index contributed by atoms with van der Waals surface area (Å²) in [5.74, 6) is 0. The van der Waals surface area contributed by atoms with Gasteiger partial charge in [-0.15, -0.1) is 5.20 Å². The molecule has 0 atom stereocenters. The van der Waals surface area contributed by atoms with E-state index >= 15 is 0 Å². The standard InChI is InChI=1S/C6H5Cl4N2O3P/c7-2-1-3(8)5(10)6(4(2)9)11-12-16(13,14)15/h1,11H,(H3,12,13,14,15). The van der Waals surface area contributed by atoms with Gasteiger partial charge in [0, 0.05) is 0 Å². The molecule has 5 nitrogen and oxygen atoms in total. The summed E-state index contributed by atoms with van der Waals surface area (Å²) < 4.78 is 10.6. The Morgan fingerprint density at radius 3 is 1.88 bits per heavy atom. The van der Waals surface area contributed by atoms with Crippen molar-refractivity contribution < 1.29 is 14.4 Å². The Labute approximate surface area is 111 Å². The third-order valence-electron chi connectivity index (χ3n) is 1.44. The maximum atomic E-state index is 10.6. The van der Waals surface area contributed by atoms with Crippen LogP contribution in [-0.4, -0.2) is 9.79 Å². The largest absolute Gasteiger partial charge is 0.417 e. The molecule has 0 aliphatic carbocycles. The minimum absolute atomic E-state index is 0.00276. The van der Waals surface area contributed by atoms with Crippen molar-refractivity contribution in [1.82, 2.24) is 5.20 Å². The van der Waals surface area contributed by atoms with Crippen molar-refractivity contribution in [2.24, 2.45) is 0 Å². The Balaban J connectivity index is 3.08. The Morgan fingerprint density at radius 2 is 1.50 bits per heavy atom. The highest BCUT2D eigenvalue weighted by atomic mass is 35.5. The molecule has 1 aromatic carbocycles. The number of nitrogens with one attached hydrogen (secondary N) is 2. The van der Waals surface area contributed by atoms with Crippen molar-refractivity contribution in [2.45, 2.75) is 0 Å². The number of hydrogen-bond donors (Lipinski definition) is 4. The SMILES string of the molecule is O=P(O)(O)NNc1c(Cl)c(Cl)cc(Cl)c1Cl. The molecule has 0 aliphatic heterocycles. The lowest BCUT2D eigenvalue weighted by Crippen LogP contribution is -2.18. The Kier molecular flexibility index (Phi) is 4.75. The predicted octanol–water partition coefficient (Wildman–Crippen LogP) is 3.31. The first-order valence-electron chi connectivity index (χ1n) is 3.64. The van der Waals surface area contributed by atoms with Gasteiger partial charge < -0.3 is 15.2 Å². The van der Waals surface area contributed by atoms with E-state index in [0.29, 0.717) is 0 Å². The average Bonchev–Trinajstić information content (AvgIpc) is 2.13. The molecule has 1 aromatic rings. The molecule has 0 aromatic heterocycles. The van der Waals surface area contributed by atoms with Crippen LogP contribution in [0.1, 0.15) is 0 Å². The first-order chi connectivity index (χ1) is 7.22. The molecule has 10 heteroatoms. The van der Waals surface area contributed by atoms with Gasteiger partial charge in [0.15, 0.2) is 0 Å². The maximum absolute atomic E-state index is 10.6. The number of benzene rings is 1. The fourth-order valence-electron chi connectivity index (χ4n) is 0.812. The van der Waals surface area contributed by atoms with E-state index in [9.17, 15) is 4.57 Å². The normalized spacial score (nSPS) is 11.6. The lowest BCUT2D eigenvalue weighted by molar-refractivity contribution is 0.362. The fourth-order valence-corrected chi connectivity index (χ4v) is 1.97. The molecule has 0 saturated carbocycles. The van der Waals surface area contributed by atoms with Crippen LogP contribution in [0.25, 0.3) is 0 Å². The molecule has 0 saturated heterocycles. The van der Waals surface area contributed by atoms with Gasteiger partial charge in [0.05, 0.1) is 25.8 Å². The molecule has 0 aliphatic rings. The van der Waals surface area contributed by atoms with Crippen molar-refractivity contribution in [3.05, 3.63) is 26.2 Å². The summed E-state index contributed by atoms with van der Waals surface area (Å²) in [6.45, 7) is 0. The van der Waals surface area contributed by atoms with E-state index in [-0.39, 0.29) is 25.8 Å². The number of rotatable bonds is 3. The van der Waals surface area contributed by atoms with E-state index in [2.05, 4.69) is 5.43 Å². The summed E-state index contributed by atoms with van der Waals surface area (Å²) in [4.78, 5) is 17.2. The van der Waals surface area contributed by atoms with Gasteiger partial charge in [-0.25, -0.2) is 4.57 Å². The van der Waals surface area contributed by atoms with E-state index in [1.54, 1.807) is 5.20 Å². The molecule has 0 bridgehead atoms. The van der Waals surface area contributed by atoms with Crippen LogP contribution in [0.2, 0.25) is 20.1 Å². The molecule has 0 fully saturated rings. The highest BCUT2D eigenvalue weighted by Crippen LogP contribution is 2.41. The van der Waals surface area contributed by atoms with E-state index in [0.717, 1.165) is 0 Å². The van der Waals surface area contributed by atoms with Crippen molar-refractivity contribution in [2.75, 3.05) is 5.43 Å². The lowest BCUT2D eigenvalue weighted by atomic mass is 10.3. The highest BCUT2D eigenvalue weighted by molar-refractivity contribution is 7.49. The van der Waals surface area contributed by atoms with E-state index in [1.165, 1.54) is 6.07 Å². The first kappa shape index (κ1) is 14.4. The van der Waals surface area contributed by atoms with Crippen LogP contribution in [0, 0.1) is 0 Å². The average molecular weight is 326 g/mol. The minimum Gasteiger partial charge on any atom is -0.311 e. The number of halogens is 4. The summed E-state index contributed by atoms with van der Waals surface area (Å²) in [5, 5.41) is 1.90. The minimum atomic E-state index is -4.47. The van der Waals surface area contributed by atoms with Gasteiger partial charge in [-0.1, -0.05) is 46.4 Å². The Morgan fingerprint density at radius 1 is 1.06 bits per heavy atom. The highest BCUT2D eigenvalue weighted by Gasteiger charge is 2.17. The topological polar surface area (TPSA) is 81.6 Å². The fraction of sp³-hybridized carbons (Fsp3) is 0. The van der Waals surface area contributed by atoms with Crippen molar-refractivity contribution in [3.8, 4) is 0 Å². The predicted molar refractivity (Wildman–Crippen MR) is 65.3 cm³/mol. The van der Waals surface area contributed by atoms with Crippen LogP contribution < -0.4 is 10.6 Å². The third kappa shape index (κ3) is 3.65. The molecule has 0 amide bonds. The molecule has 16 heavy (non-hydrogen) atoms. The first-order valence-corrected chi connectivity index (χ1v) is 6.76. The van der Waals surface area contributed by atoms with Gasteiger partial charge in [0.2, 0.25) is 0 Å². The Bertz CT molecular complexity index is 437. The van der Waals surface area contributed by atoms with E-state index < -0.39 is 7.75 Å². The van der Waals surface area contributed by atoms with E-state index in [1.807, 2.05) is 0 Å². The maximum Gasteiger partial charge on any atom is 0.417 e. The van der Waals surface area contributed by atoms with Crippen LogP contribution in [0.4, 0.5) is 5.69 Å². The summed E-state index contributed by atoms with van der Waals surface area (Å²) in [7, 11) is -4.47. The van der Waals surface area contributed by atoms with Gasteiger partial charge in [0.1, 0.15) is 0 Å². The zero-order chi connectivity index (χ0) is 12.5. The number of anilines is 1. The molecule has 0 unspecified atom stereocenters. The van der Waals surface area contributed by atoms with Gasteiger partial charge in [-0.2, -0.15) is 0 Å². The van der Waals surface area contributed by atoms with Crippen LogP contribution in [-0.2, 0) is 4.57 Å².